The number of nitrogens with zero attached hydrogens (tertiary/aromatic N) is 5. The number of carbonyl (C=O) groups excluding carboxylic acids is 1. The van der Waals surface area contributed by atoms with Gasteiger partial charge in [-0.15, -0.1) is 22.7 Å². The molecule has 0 N–H and O–H groups in total. The van der Waals surface area contributed by atoms with Gasteiger partial charge in [0.05, 0.1) is 16.7 Å². The molecule has 0 saturated heterocycles. The van der Waals surface area contributed by atoms with Crippen molar-refractivity contribution in [2.45, 2.75) is 38.8 Å². The van der Waals surface area contributed by atoms with Gasteiger partial charge in [0, 0.05) is 22.2 Å². The number of thiophene rings is 2. The zero-order valence-electron chi connectivity index (χ0n) is 17.4. The van der Waals surface area contributed by atoms with Crippen molar-refractivity contribution >= 4 is 46.1 Å². The van der Waals surface area contributed by atoms with E-state index in [9.17, 15) is 14.9 Å². The highest BCUT2D eigenvalue weighted by Crippen LogP contribution is 2.46. The molecule has 2 atom stereocenters. The van der Waals surface area contributed by atoms with Crippen LogP contribution in [0.15, 0.2) is 51.9 Å². The Balaban J connectivity index is 1.59. The third-order valence-corrected chi connectivity index (χ3v) is 7.63. The van der Waals surface area contributed by atoms with E-state index >= 15 is 0 Å². The van der Waals surface area contributed by atoms with Crippen molar-refractivity contribution in [2.75, 3.05) is 0 Å². The summed E-state index contributed by atoms with van der Waals surface area (Å²) in [5, 5.41) is 26.1. The minimum absolute atomic E-state index is 0.0601. The third kappa shape index (κ3) is 3.59. The van der Waals surface area contributed by atoms with Crippen molar-refractivity contribution in [1.82, 2.24) is 14.8 Å². The number of allylic oxidation sites excluding steroid dienone is 1. The highest BCUT2D eigenvalue weighted by Gasteiger charge is 2.46. The number of hydrazone groups is 1. The van der Waals surface area contributed by atoms with Gasteiger partial charge in [-0.3, -0.25) is 19.6 Å². The minimum atomic E-state index is -0.551. The Hall–Kier alpha value is -3.11. The van der Waals surface area contributed by atoms with E-state index in [0.29, 0.717) is 6.54 Å². The summed E-state index contributed by atoms with van der Waals surface area (Å²) in [4.78, 5) is 26.8. The molecule has 10 heteroatoms. The molecule has 1 saturated carbocycles. The maximum atomic E-state index is 13.6. The number of hydrogen-bond donors (Lipinski definition) is 0. The van der Waals surface area contributed by atoms with Crippen LogP contribution in [0.5, 0.6) is 0 Å². The van der Waals surface area contributed by atoms with Crippen LogP contribution in [0.1, 0.15) is 52.5 Å². The van der Waals surface area contributed by atoms with E-state index in [-0.39, 0.29) is 23.3 Å². The molecule has 0 aromatic carbocycles. The van der Waals surface area contributed by atoms with Gasteiger partial charge in [0.25, 0.3) is 0 Å². The number of hydrogen-bond acceptors (Lipinski definition) is 7. The predicted molar refractivity (Wildman–Crippen MR) is 125 cm³/mol. The van der Waals surface area contributed by atoms with Crippen LogP contribution in [0.2, 0.25) is 0 Å². The molecule has 32 heavy (non-hydrogen) atoms. The number of aryl methyl sites for hydroxylation is 1. The van der Waals surface area contributed by atoms with Crippen LogP contribution >= 0.6 is 22.7 Å². The molecule has 3 aromatic heterocycles. The molecule has 1 aliphatic heterocycles. The molecule has 1 aliphatic carbocycles. The maximum absolute atomic E-state index is 13.6. The second kappa shape index (κ2) is 8.44. The summed E-state index contributed by atoms with van der Waals surface area (Å²) in [7, 11) is 0. The first-order valence-electron chi connectivity index (χ1n) is 10.5. The number of nitro groups is 1. The molecule has 5 rings (SSSR count). The Kier molecular flexibility index (Phi) is 5.48. The fourth-order valence-corrected chi connectivity index (χ4v) is 5.98. The molecule has 4 heterocycles. The number of carbonyl (C=O) groups is 1. The lowest BCUT2D eigenvalue weighted by Gasteiger charge is -2.28. The van der Waals surface area contributed by atoms with Crippen LogP contribution in [0.4, 0.5) is 5.69 Å². The zero-order chi connectivity index (χ0) is 22.2. The second-order valence-electron chi connectivity index (χ2n) is 7.75. The lowest BCUT2D eigenvalue weighted by atomic mass is 9.79. The van der Waals surface area contributed by atoms with Gasteiger partial charge >= 0.3 is 11.6 Å². The molecule has 2 aliphatic rings. The first-order valence-corrected chi connectivity index (χ1v) is 12.2. The molecule has 164 valence electrons. The zero-order valence-corrected chi connectivity index (χ0v) is 19.0. The fourth-order valence-electron chi connectivity index (χ4n) is 4.42. The van der Waals surface area contributed by atoms with Gasteiger partial charge < -0.3 is 0 Å². The molecule has 8 nitrogen and oxygen atoms in total. The first-order chi connectivity index (χ1) is 15.6. The summed E-state index contributed by atoms with van der Waals surface area (Å²) in [5.41, 5.74) is 1.60. The molecule has 1 fully saturated rings. The second-order valence-corrected chi connectivity index (χ2v) is 9.71. The molecular formula is C22H21N5O3S2. The minimum Gasteiger partial charge on any atom is -0.265 e. The van der Waals surface area contributed by atoms with E-state index < -0.39 is 10.8 Å². The summed E-state index contributed by atoms with van der Waals surface area (Å²) in [5.74, 6) is -0.468. The van der Waals surface area contributed by atoms with Gasteiger partial charge in [0.2, 0.25) is 5.69 Å². The molecule has 0 bridgehead atoms. The van der Waals surface area contributed by atoms with Gasteiger partial charge in [-0.1, -0.05) is 12.1 Å². The van der Waals surface area contributed by atoms with Crippen LogP contribution in [0, 0.1) is 16.0 Å². The van der Waals surface area contributed by atoms with Crippen LogP contribution < -0.4 is 0 Å². The van der Waals surface area contributed by atoms with Gasteiger partial charge in [0.1, 0.15) is 6.20 Å². The monoisotopic (exact) mass is 467 g/mol. The summed E-state index contributed by atoms with van der Waals surface area (Å²) >= 11 is 3.24. The number of amides is 1. The first kappa shape index (κ1) is 20.8. The van der Waals surface area contributed by atoms with Gasteiger partial charge in [-0.25, -0.2) is 5.01 Å². The third-order valence-electron chi connectivity index (χ3n) is 5.87. The van der Waals surface area contributed by atoms with Gasteiger partial charge in [-0.05, 0) is 60.7 Å². The molecule has 1 amide bonds. The lowest BCUT2D eigenvalue weighted by molar-refractivity contribution is -0.385. The summed E-state index contributed by atoms with van der Waals surface area (Å²) in [6.07, 6.45) is 6.29. The average Bonchev–Trinajstić information content (AvgIpc) is 3.58. The largest absolute Gasteiger partial charge is 0.320 e. The number of rotatable bonds is 5. The smallest absolute Gasteiger partial charge is 0.265 e. The normalized spacial score (nSPS) is 21.6. The Morgan fingerprint density at radius 1 is 1.31 bits per heavy atom. The topological polar surface area (TPSA) is 93.6 Å². The van der Waals surface area contributed by atoms with Crippen LogP contribution in [0.3, 0.4) is 0 Å². The van der Waals surface area contributed by atoms with Crippen molar-refractivity contribution < 1.29 is 9.72 Å². The molecular weight excluding hydrogens is 446 g/mol. The lowest BCUT2D eigenvalue weighted by Crippen LogP contribution is -2.32. The van der Waals surface area contributed by atoms with Crippen molar-refractivity contribution in [1.29, 1.82) is 0 Å². The van der Waals surface area contributed by atoms with Crippen molar-refractivity contribution in [3.8, 4) is 0 Å². The van der Waals surface area contributed by atoms with Crippen molar-refractivity contribution in [3.63, 3.8) is 0 Å². The van der Waals surface area contributed by atoms with Gasteiger partial charge in [0.15, 0.2) is 0 Å². The van der Waals surface area contributed by atoms with E-state index in [1.165, 1.54) is 15.9 Å². The Morgan fingerprint density at radius 3 is 2.81 bits per heavy atom. The Labute approximate surface area is 192 Å². The highest BCUT2D eigenvalue weighted by molar-refractivity contribution is 7.11. The average molecular weight is 468 g/mol. The summed E-state index contributed by atoms with van der Waals surface area (Å²) < 4.78 is 1.42. The van der Waals surface area contributed by atoms with E-state index in [2.05, 4.69) is 17.2 Å². The highest BCUT2D eigenvalue weighted by atomic mass is 32.1. The van der Waals surface area contributed by atoms with E-state index in [1.54, 1.807) is 22.7 Å². The molecule has 0 unspecified atom stereocenters. The summed E-state index contributed by atoms with van der Waals surface area (Å²) in [6.45, 7) is 2.26. The predicted octanol–water partition coefficient (Wildman–Crippen LogP) is 5.37. The quantitative estimate of drug-likeness (QED) is 0.372. The van der Waals surface area contributed by atoms with E-state index in [1.807, 2.05) is 35.9 Å². The number of fused-ring (bicyclic) bond motifs is 1. The Bertz CT molecular complexity index is 1210. The summed E-state index contributed by atoms with van der Waals surface area (Å²) in [6, 6.07) is 7.76. The standard InChI is InChI=1S/C22H21N5O3S2/c1-2-25-13-17(27(29)30)20(23-25)22(28)26-21(18-9-5-11-32-18)16-8-3-6-14(19(16)24-26)12-15-7-4-10-31-15/h4-5,7,9-13,16,21H,2-3,6,8H2,1H3/b14-12+/t16-,21+/m1/s1. The fraction of sp³-hybridized carbons (Fsp3) is 0.318. The van der Waals surface area contributed by atoms with Crippen LogP contribution in [-0.4, -0.2) is 31.3 Å². The van der Waals surface area contributed by atoms with Gasteiger partial charge in [-0.2, -0.15) is 10.2 Å². The van der Waals surface area contributed by atoms with Crippen molar-refractivity contribution in [3.05, 3.63) is 72.4 Å². The van der Waals surface area contributed by atoms with Crippen LogP contribution in [-0.2, 0) is 6.54 Å². The molecule has 0 spiro atoms. The van der Waals surface area contributed by atoms with E-state index in [0.717, 1.165) is 40.3 Å². The van der Waals surface area contributed by atoms with Crippen LogP contribution in [0.25, 0.3) is 6.08 Å². The molecule has 3 aromatic rings. The SMILES string of the molecule is CCn1cc([N+](=O)[O-])c(C(=O)N2N=C3/C(=C/c4cccs4)CCC[C@H]3[C@H]2c2cccs2)n1. The van der Waals surface area contributed by atoms with E-state index in [4.69, 9.17) is 5.10 Å². The Morgan fingerprint density at radius 2 is 2.12 bits per heavy atom. The maximum Gasteiger partial charge on any atom is 0.320 e. The molecule has 0 radical (unpaired) electrons. The number of aromatic nitrogens is 2. The van der Waals surface area contributed by atoms with Crippen molar-refractivity contribution in [2.24, 2.45) is 11.0 Å².